The Morgan fingerprint density at radius 3 is 3.07 bits per heavy atom. The fraction of sp³-hybridized carbons (Fsp3) is 0.364. The largest absolute Gasteiger partial charge is 0.313 e. The summed E-state index contributed by atoms with van der Waals surface area (Å²) in [4.78, 5) is 1.17. The maximum atomic E-state index is 8.46. The maximum Gasteiger partial charge on any atom is 0.0855 e. The molecular weight excluding hydrogens is 192 g/mol. The summed E-state index contributed by atoms with van der Waals surface area (Å²) in [6.07, 6.45) is 0. The zero-order valence-corrected chi connectivity index (χ0v) is 9.10. The lowest BCUT2D eigenvalue weighted by molar-refractivity contribution is 0.725. The van der Waals surface area contributed by atoms with Crippen LogP contribution in [0.4, 0.5) is 0 Å². The van der Waals surface area contributed by atoms with Crippen molar-refractivity contribution < 1.29 is 0 Å². The highest BCUT2D eigenvalue weighted by Gasteiger charge is 1.95. The highest BCUT2D eigenvalue weighted by atomic mass is 32.2. The first-order chi connectivity index (χ1) is 6.86. The van der Waals surface area contributed by atoms with E-state index in [0.717, 1.165) is 13.1 Å². The molecule has 74 valence electrons. The zero-order valence-electron chi connectivity index (χ0n) is 8.29. The van der Waals surface area contributed by atoms with Crippen LogP contribution < -0.4 is 5.32 Å². The molecule has 0 bridgehead atoms. The van der Waals surface area contributed by atoms with Gasteiger partial charge in [-0.05, 0) is 24.2 Å². The van der Waals surface area contributed by atoms with Crippen molar-refractivity contribution in [1.29, 1.82) is 5.26 Å². The van der Waals surface area contributed by atoms with E-state index in [-0.39, 0.29) is 0 Å². The second-order valence-corrected chi connectivity index (χ2v) is 3.92. The van der Waals surface area contributed by atoms with E-state index in [1.807, 2.05) is 12.1 Å². The number of hydrogen-bond acceptors (Lipinski definition) is 3. The quantitative estimate of drug-likeness (QED) is 0.751. The Labute approximate surface area is 89.3 Å². The number of nitriles is 1. The van der Waals surface area contributed by atoms with Gasteiger partial charge in [0, 0.05) is 11.4 Å². The van der Waals surface area contributed by atoms with E-state index in [1.54, 1.807) is 11.8 Å². The van der Waals surface area contributed by atoms with Crippen molar-refractivity contribution in [2.45, 2.75) is 18.4 Å². The molecule has 0 aliphatic rings. The minimum absolute atomic E-state index is 0.519. The number of thioether (sulfide) groups is 1. The highest BCUT2D eigenvalue weighted by Crippen LogP contribution is 2.18. The summed E-state index contributed by atoms with van der Waals surface area (Å²) < 4.78 is 0. The molecule has 0 heterocycles. The van der Waals surface area contributed by atoms with Crippen LogP contribution in [-0.4, -0.2) is 12.3 Å². The van der Waals surface area contributed by atoms with Gasteiger partial charge in [-0.15, -0.1) is 11.8 Å². The molecule has 0 saturated carbocycles. The van der Waals surface area contributed by atoms with E-state index >= 15 is 0 Å². The lowest BCUT2D eigenvalue weighted by Gasteiger charge is -2.03. The molecule has 0 atom stereocenters. The fourth-order valence-corrected chi connectivity index (χ4v) is 1.77. The minimum atomic E-state index is 0.519. The zero-order chi connectivity index (χ0) is 10.2. The third kappa shape index (κ3) is 3.82. The Hall–Kier alpha value is -0.980. The summed E-state index contributed by atoms with van der Waals surface area (Å²) in [6.45, 7) is 3.97. The molecule has 14 heavy (non-hydrogen) atoms. The Bertz CT molecular complexity index is 317. The lowest BCUT2D eigenvalue weighted by Crippen LogP contribution is -2.11. The van der Waals surface area contributed by atoms with E-state index in [4.69, 9.17) is 5.26 Å². The third-order valence-corrected chi connectivity index (χ3v) is 2.64. The number of nitrogens with one attached hydrogen (secondary N) is 1. The summed E-state index contributed by atoms with van der Waals surface area (Å²) in [7, 11) is 0. The normalized spacial score (nSPS) is 9.71. The van der Waals surface area contributed by atoms with Gasteiger partial charge in [0.15, 0.2) is 0 Å². The van der Waals surface area contributed by atoms with Gasteiger partial charge in [-0.1, -0.05) is 19.1 Å². The predicted octanol–water partition coefficient (Wildman–Crippen LogP) is 2.41. The van der Waals surface area contributed by atoms with Gasteiger partial charge < -0.3 is 5.32 Å². The highest BCUT2D eigenvalue weighted by molar-refractivity contribution is 7.99. The summed E-state index contributed by atoms with van der Waals surface area (Å²) in [5, 5.41) is 11.7. The van der Waals surface area contributed by atoms with Gasteiger partial charge in [0.25, 0.3) is 0 Å². The van der Waals surface area contributed by atoms with Crippen LogP contribution in [0, 0.1) is 11.3 Å². The van der Waals surface area contributed by atoms with Crippen LogP contribution in [0.1, 0.15) is 12.5 Å². The van der Waals surface area contributed by atoms with Gasteiger partial charge in [0.2, 0.25) is 0 Å². The van der Waals surface area contributed by atoms with E-state index < -0.39 is 0 Å². The van der Waals surface area contributed by atoms with Crippen LogP contribution in [0.15, 0.2) is 29.2 Å². The topological polar surface area (TPSA) is 35.8 Å². The van der Waals surface area contributed by atoms with Crippen LogP contribution in [-0.2, 0) is 6.54 Å². The molecule has 0 aliphatic heterocycles. The molecule has 1 rings (SSSR count). The van der Waals surface area contributed by atoms with Crippen molar-refractivity contribution in [3.63, 3.8) is 0 Å². The van der Waals surface area contributed by atoms with Crippen molar-refractivity contribution in [3.05, 3.63) is 29.8 Å². The number of rotatable bonds is 5. The summed E-state index contributed by atoms with van der Waals surface area (Å²) >= 11 is 1.58. The fourth-order valence-electron chi connectivity index (χ4n) is 1.13. The number of benzene rings is 1. The van der Waals surface area contributed by atoms with Crippen molar-refractivity contribution in [1.82, 2.24) is 5.32 Å². The number of nitrogens with zero attached hydrogens (tertiary/aromatic N) is 1. The van der Waals surface area contributed by atoms with Gasteiger partial charge in [-0.25, -0.2) is 0 Å². The first kappa shape index (κ1) is 11.1. The molecule has 1 N–H and O–H groups in total. The average molecular weight is 206 g/mol. The minimum Gasteiger partial charge on any atom is -0.313 e. The molecule has 0 unspecified atom stereocenters. The van der Waals surface area contributed by atoms with E-state index in [9.17, 15) is 0 Å². The third-order valence-electron chi connectivity index (χ3n) is 1.78. The molecular formula is C11H14N2S. The standard InChI is InChI=1S/C11H14N2S/c1-2-13-9-10-4-3-5-11(8-10)14-7-6-12/h3-5,8,13H,2,7,9H2,1H3. The van der Waals surface area contributed by atoms with Gasteiger partial charge in [0.05, 0.1) is 11.8 Å². The van der Waals surface area contributed by atoms with Crippen molar-refractivity contribution in [2.24, 2.45) is 0 Å². The Morgan fingerprint density at radius 1 is 1.50 bits per heavy atom. The van der Waals surface area contributed by atoms with Crippen LogP contribution in [0.2, 0.25) is 0 Å². The van der Waals surface area contributed by atoms with Crippen molar-refractivity contribution in [3.8, 4) is 6.07 Å². The molecule has 0 aromatic heterocycles. The van der Waals surface area contributed by atoms with E-state index in [2.05, 4.69) is 30.4 Å². The average Bonchev–Trinajstić information content (AvgIpc) is 2.24. The van der Waals surface area contributed by atoms with Crippen LogP contribution in [0.3, 0.4) is 0 Å². The molecule has 0 fully saturated rings. The summed E-state index contributed by atoms with van der Waals surface area (Å²) in [5.74, 6) is 0.519. The van der Waals surface area contributed by atoms with Crippen LogP contribution in [0.25, 0.3) is 0 Å². The van der Waals surface area contributed by atoms with Crippen molar-refractivity contribution in [2.75, 3.05) is 12.3 Å². The molecule has 0 amide bonds. The lowest BCUT2D eigenvalue weighted by atomic mass is 10.2. The summed E-state index contributed by atoms with van der Waals surface area (Å²) in [5.41, 5.74) is 1.27. The van der Waals surface area contributed by atoms with Gasteiger partial charge in [0.1, 0.15) is 0 Å². The molecule has 1 aromatic rings. The molecule has 3 heteroatoms. The second kappa shape index (κ2) is 6.47. The second-order valence-electron chi connectivity index (χ2n) is 2.87. The van der Waals surface area contributed by atoms with E-state index in [1.165, 1.54) is 10.5 Å². The molecule has 2 nitrogen and oxygen atoms in total. The molecule has 1 aromatic carbocycles. The molecule has 0 spiro atoms. The monoisotopic (exact) mass is 206 g/mol. The van der Waals surface area contributed by atoms with Gasteiger partial charge in [-0.2, -0.15) is 5.26 Å². The first-order valence-corrected chi connectivity index (χ1v) is 5.64. The van der Waals surface area contributed by atoms with Gasteiger partial charge >= 0.3 is 0 Å². The number of hydrogen-bond donors (Lipinski definition) is 1. The van der Waals surface area contributed by atoms with Crippen LogP contribution in [0.5, 0.6) is 0 Å². The molecule has 0 radical (unpaired) electrons. The van der Waals surface area contributed by atoms with Crippen LogP contribution >= 0.6 is 11.8 Å². The SMILES string of the molecule is CCNCc1cccc(SCC#N)c1. The Balaban J connectivity index is 2.55. The van der Waals surface area contributed by atoms with Gasteiger partial charge in [-0.3, -0.25) is 0 Å². The molecule has 0 aliphatic carbocycles. The smallest absolute Gasteiger partial charge is 0.0855 e. The van der Waals surface area contributed by atoms with Crippen molar-refractivity contribution >= 4 is 11.8 Å². The first-order valence-electron chi connectivity index (χ1n) is 4.66. The molecule has 0 saturated heterocycles. The summed E-state index contributed by atoms with van der Waals surface area (Å²) in [6, 6.07) is 10.4. The Morgan fingerprint density at radius 2 is 2.36 bits per heavy atom. The maximum absolute atomic E-state index is 8.46. The predicted molar refractivity (Wildman–Crippen MR) is 60.2 cm³/mol. The Kier molecular flexibility index (Phi) is 5.13. The van der Waals surface area contributed by atoms with E-state index in [0.29, 0.717) is 5.75 Å².